The Balaban J connectivity index is 4.25. The summed E-state index contributed by atoms with van der Waals surface area (Å²) in [5.74, 6) is -0.927. The molecule has 0 saturated carbocycles. The van der Waals surface area contributed by atoms with E-state index in [1.54, 1.807) is 0 Å². The van der Waals surface area contributed by atoms with Crippen molar-refractivity contribution >= 4 is 17.9 Å². The molecule has 0 fully saturated rings. The van der Waals surface area contributed by atoms with Gasteiger partial charge in [-0.25, -0.2) is 0 Å². The van der Waals surface area contributed by atoms with E-state index < -0.39 is 6.10 Å². The van der Waals surface area contributed by atoms with Crippen LogP contribution in [0.1, 0.15) is 175 Å². The van der Waals surface area contributed by atoms with Crippen LogP contribution in [0.15, 0.2) is 24.3 Å². The fraction of sp³-hybridized carbons (Fsp3) is 0.811. The first-order chi connectivity index (χ1) is 21.0. The molecule has 6 nitrogen and oxygen atoms in total. The lowest BCUT2D eigenvalue weighted by atomic mass is 10.1. The van der Waals surface area contributed by atoms with Crippen LogP contribution in [0.4, 0.5) is 0 Å². The highest BCUT2D eigenvalue weighted by Gasteiger charge is 2.19. The molecular weight excluding hydrogens is 540 g/mol. The van der Waals surface area contributed by atoms with Gasteiger partial charge in [0.25, 0.3) is 0 Å². The van der Waals surface area contributed by atoms with Crippen molar-refractivity contribution in [1.82, 2.24) is 0 Å². The maximum absolute atomic E-state index is 12.5. The molecule has 0 aliphatic rings. The summed E-state index contributed by atoms with van der Waals surface area (Å²) in [5, 5.41) is 0. The van der Waals surface area contributed by atoms with Crippen LogP contribution in [0.25, 0.3) is 0 Å². The third-order valence-corrected chi connectivity index (χ3v) is 7.46. The van der Waals surface area contributed by atoms with Gasteiger partial charge >= 0.3 is 17.9 Å². The summed E-state index contributed by atoms with van der Waals surface area (Å²) < 4.78 is 16.3. The van der Waals surface area contributed by atoms with Gasteiger partial charge in [0.05, 0.1) is 0 Å². The van der Waals surface area contributed by atoms with Gasteiger partial charge in [-0.3, -0.25) is 14.4 Å². The largest absolute Gasteiger partial charge is 0.462 e. The summed E-state index contributed by atoms with van der Waals surface area (Å²) in [6, 6.07) is 0. The van der Waals surface area contributed by atoms with Crippen molar-refractivity contribution < 1.29 is 28.6 Å². The Morgan fingerprint density at radius 1 is 0.465 bits per heavy atom. The molecule has 0 aromatic carbocycles. The van der Waals surface area contributed by atoms with Crippen molar-refractivity contribution in [1.29, 1.82) is 0 Å². The zero-order valence-corrected chi connectivity index (χ0v) is 28.2. The second-order valence-corrected chi connectivity index (χ2v) is 11.8. The number of esters is 3. The normalized spacial score (nSPS) is 11.5. The van der Waals surface area contributed by atoms with Crippen LogP contribution in [0.5, 0.6) is 0 Å². The molecule has 0 N–H and O–H groups in total. The number of hydrogen-bond acceptors (Lipinski definition) is 6. The number of ether oxygens (including phenoxy) is 3. The van der Waals surface area contributed by atoms with E-state index in [9.17, 15) is 14.4 Å². The molecule has 0 spiro atoms. The molecule has 0 aromatic heterocycles. The third-order valence-electron chi connectivity index (χ3n) is 7.46. The van der Waals surface area contributed by atoms with Gasteiger partial charge in [-0.2, -0.15) is 0 Å². The first-order valence-electron chi connectivity index (χ1n) is 17.8. The van der Waals surface area contributed by atoms with E-state index in [2.05, 4.69) is 45.1 Å². The van der Waals surface area contributed by atoms with Crippen LogP contribution in [0.2, 0.25) is 0 Å². The minimum atomic E-state index is -0.765. The minimum Gasteiger partial charge on any atom is -0.462 e. The SMILES string of the molecule is CCCCCC=CCC=CCCCCCCCC(=O)OC(COC(=O)CCCCCCC)COC(=O)CCCCCCC. The Morgan fingerprint density at radius 2 is 0.837 bits per heavy atom. The Hall–Kier alpha value is -2.11. The molecule has 250 valence electrons. The van der Waals surface area contributed by atoms with Crippen molar-refractivity contribution in [2.24, 2.45) is 0 Å². The number of carbonyl (C=O) groups is 3. The highest BCUT2D eigenvalue weighted by atomic mass is 16.6. The zero-order chi connectivity index (χ0) is 31.6. The summed E-state index contributed by atoms with van der Waals surface area (Å²) in [5.41, 5.74) is 0. The fourth-order valence-electron chi connectivity index (χ4n) is 4.70. The summed E-state index contributed by atoms with van der Waals surface area (Å²) in [7, 11) is 0. The van der Waals surface area contributed by atoms with Gasteiger partial charge in [-0.1, -0.05) is 129 Å². The second-order valence-electron chi connectivity index (χ2n) is 11.8. The van der Waals surface area contributed by atoms with Gasteiger partial charge in [-0.05, 0) is 51.4 Å². The minimum absolute atomic E-state index is 0.0779. The summed E-state index contributed by atoms with van der Waals surface area (Å²) in [6.07, 6.45) is 32.2. The van der Waals surface area contributed by atoms with Crippen molar-refractivity contribution in [2.75, 3.05) is 13.2 Å². The lowest BCUT2D eigenvalue weighted by Crippen LogP contribution is -2.30. The number of allylic oxidation sites excluding steroid dienone is 4. The molecule has 43 heavy (non-hydrogen) atoms. The Bertz CT molecular complexity index is 684. The first kappa shape index (κ1) is 40.9. The topological polar surface area (TPSA) is 78.9 Å². The van der Waals surface area contributed by atoms with E-state index >= 15 is 0 Å². The highest BCUT2D eigenvalue weighted by molar-refractivity contribution is 5.71. The van der Waals surface area contributed by atoms with Crippen molar-refractivity contribution in [2.45, 2.75) is 181 Å². The van der Waals surface area contributed by atoms with E-state index in [-0.39, 0.29) is 31.1 Å². The molecule has 0 radical (unpaired) electrons. The van der Waals surface area contributed by atoms with Crippen LogP contribution in [0.3, 0.4) is 0 Å². The van der Waals surface area contributed by atoms with Gasteiger partial charge in [0, 0.05) is 19.3 Å². The molecule has 0 atom stereocenters. The zero-order valence-electron chi connectivity index (χ0n) is 28.2. The van der Waals surface area contributed by atoms with E-state index in [1.165, 1.54) is 38.5 Å². The molecule has 0 rings (SSSR count). The maximum atomic E-state index is 12.5. The number of hydrogen-bond donors (Lipinski definition) is 0. The monoisotopic (exact) mass is 606 g/mol. The molecule has 0 aromatic rings. The van der Waals surface area contributed by atoms with E-state index in [0.29, 0.717) is 19.3 Å². The molecule has 0 unspecified atom stereocenters. The van der Waals surface area contributed by atoms with Crippen molar-refractivity contribution in [3.63, 3.8) is 0 Å². The van der Waals surface area contributed by atoms with Crippen molar-refractivity contribution in [3.8, 4) is 0 Å². The Labute approximate surface area is 264 Å². The average molecular weight is 607 g/mol. The quantitative estimate of drug-likeness (QED) is 0.0338. The predicted octanol–water partition coefficient (Wildman–Crippen LogP) is 10.5. The lowest BCUT2D eigenvalue weighted by Gasteiger charge is -2.18. The number of carbonyl (C=O) groups excluding carboxylic acids is 3. The van der Waals surface area contributed by atoms with Crippen LogP contribution in [0, 0.1) is 0 Å². The number of rotatable bonds is 31. The average Bonchev–Trinajstić information content (AvgIpc) is 3.00. The first-order valence-corrected chi connectivity index (χ1v) is 17.8. The van der Waals surface area contributed by atoms with Gasteiger partial charge in [-0.15, -0.1) is 0 Å². The summed E-state index contributed by atoms with van der Waals surface area (Å²) in [4.78, 5) is 36.9. The second kappa shape index (κ2) is 32.8. The van der Waals surface area contributed by atoms with Gasteiger partial charge in [0.2, 0.25) is 0 Å². The standard InChI is InChI=1S/C37H66O6/c1-4-7-10-13-14-15-16-17-18-19-20-21-22-25-28-31-37(40)43-34(32-41-35(38)29-26-23-11-8-5-2)33-42-36(39)30-27-24-12-9-6-3/h14-15,17-18,34H,4-13,16,19-33H2,1-3H3. The Morgan fingerprint density at radius 3 is 1.33 bits per heavy atom. The van der Waals surface area contributed by atoms with Crippen LogP contribution in [-0.4, -0.2) is 37.2 Å². The maximum Gasteiger partial charge on any atom is 0.306 e. The van der Waals surface area contributed by atoms with Gasteiger partial charge in [0.15, 0.2) is 6.10 Å². The van der Waals surface area contributed by atoms with E-state index in [1.807, 2.05) is 0 Å². The summed E-state index contributed by atoms with van der Waals surface area (Å²) in [6.45, 7) is 6.39. The molecule has 6 heteroatoms. The highest BCUT2D eigenvalue weighted by Crippen LogP contribution is 2.11. The predicted molar refractivity (Wildman–Crippen MR) is 178 cm³/mol. The van der Waals surface area contributed by atoms with Crippen LogP contribution in [-0.2, 0) is 28.6 Å². The molecule has 0 saturated heterocycles. The van der Waals surface area contributed by atoms with Crippen molar-refractivity contribution in [3.05, 3.63) is 24.3 Å². The Kier molecular flexibility index (Phi) is 31.2. The summed E-state index contributed by atoms with van der Waals surface area (Å²) >= 11 is 0. The molecule has 0 heterocycles. The lowest BCUT2D eigenvalue weighted by molar-refractivity contribution is -0.167. The molecular formula is C37H66O6. The van der Waals surface area contributed by atoms with Gasteiger partial charge < -0.3 is 14.2 Å². The number of unbranched alkanes of at least 4 members (excludes halogenated alkanes) is 16. The molecule has 0 aliphatic carbocycles. The smallest absolute Gasteiger partial charge is 0.306 e. The van der Waals surface area contributed by atoms with Crippen LogP contribution >= 0.6 is 0 Å². The van der Waals surface area contributed by atoms with Gasteiger partial charge in [0.1, 0.15) is 13.2 Å². The van der Waals surface area contributed by atoms with Crippen LogP contribution < -0.4 is 0 Å². The molecule has 0 amide bonds. The van der Waals surface area contributed by atoms with E-state index in [4.69, 9.17) is 14.2 Å². The molecule has 0 aliphatic heterocycles. The fourth-order valence-corrected chi connectivity index (χ4v) is 4.70. The third kappa shape index (κ3) is 31.1. The molecule has 0 bridgehead atoms. The van der Waals surface area contributed by atoms with E-state index in [0.717, 1.165) is 96.3 Å².